The van der Waals surface area contributed by atoms with E-state index in [1.54, 1.807) is 0 Å². The van der Waals surface area contributed by atoms with E-state index >= 15 is 0 Å². The third kappa shape index (κ3) is 5.52. The second-order valence-electron chi connectivity index (χ2n) is 7.79. The van der Waals surface area contributed by atoms with Gasteiger partial charge in [-0.15, -0.1) is 15.3 Å². The van der Waals surface area contributed by atoms with Crippen molar-refractivity contribution in [3.63, 3.8) is 0 Å². The van der Waals surface area contributed by atoms with Crippen molar-refractivity contribution in [3.05, 3.63) is 60.7 Å². The third-order valence-corrected chi connectivity index (χ3v) is 6.91. The zero-order valence-electron chi connectivity index (χ0n) is 19.0. The van der Waals surface area contributed by atoms with Gasteiger partial charge in [0.05, 0.1) is 16.3 Å². The molecule has 196 valence electrons. The van der Waals surface area contributed by atoms with E-state index in [1.807, 2.05) is 0 Å². The molecule has 0 bridgehead atoms. The van der Waals surface area contributed by atoms with E-state index in [0.29, 0.717) is 0 Å². The highest BCUT2D eigenvalue weighted by atomic mass is 32.2. The van der Waals surface area contributed by atoms with Gasteiger partial charge in [-0.05, 0) is 60.0 Å². The van der Waals surface area contributed by atoms with Crippen LogP contribution in [-0.4, -0.2) is 36.7 Å². The van der Waals surface area contributed by atoms with Crippen LogP contribution in [0.3, 0.4) is 0 Å². The molecule has 0 aliphatic heterocycles. The molecule has 0 atom stereocenters. The van der Waals surface area contributed by atoms with Crippen LogP contribution in [0.2, 0.25) is 0 Å². The summed E-state index contributed by atoms with van der Waals surface area (Å²) < 4.78 is 57.1. The quantitative estimate of drug-likeness (QED) is 0.112. The molecule has 0 fully saturated rings. The monoisotopic (exact) mass is 558 g/mol. The molecule has 0 saturated carbocycles. The minimum atomic E-state index is -4.96. The molecule has 0 saturated heterocycles. The Morgan fingerprint density at radius 1 is 0.737 bits per heavy atom. The van der Waals surface area contributed by atoms with Crippen LogP contribution < -0.4 is 10.9 Å². The number of primary sulfonamides is 1. The molecule has 0 unspecified atom stereocenters. The largest absolute Gasteiger partial charge is 0.508 e. The summed E-state index contributed by atoms with van der Waals surface area (Å²) in [4.78, 5) is -1.23. The fourth-order valence-electron chi connectivity index (χ4n) is 3.30. The van der Waals surface area contributed by atoms with Crippen LogP contribution >= 0.6 is 0 Å². The number of nitrogens with zero attached hydrogens (tertiary/aromatic N) is 4. The lowest BCUT2D eigenvalue weighted by molar-refractivity contribution is 0.471. The molecule has 0 aliphatic carbocycles. The molecule has 16 heteroatoms. The number of anilines is 1. The van der Waals surface area contributed by atoms with Gasteiger partial charge in [0.25, 0.3) is 10.1 Å². The Bertz CT molecular complexity index is 1870. The summed E-state index contributed by atoms with van der Waals surface area (Å²) in [7, 11) is -9.11. The molecule has 4 aromatic carbocycles. The number of nitrogen functional groups attached to an aromatic ring is 1. The number of aromatic hydroxyl groups is 3. The third-order valence-electron chi connectivity index (χ3n) is 5.13. The van der Waals surface area contributed by atoms with Gasteiger partial charge in [-0.25, -0.2) is 13.6 Å². The van der Waals surface area contributed by atoms with Gasteiger partial charge < -0.3 is 21.1 Å². The lowest BCUT2D eigenvalue weighted by atomic mass is 10.1. The van der Waals surface area contributed by atoms with E-state index in [1.165, 1.54) is 36.4 Å². The SMILES string of the molecule is Nc1cc(O)ccc1N=Nc1ccc2c(O)c(N=Nc3cc(S(N)(=O)=O)ccc3O)c(S(=O)(=O)O)cc2c1. The number of rotatable bonds is 6. The van der Waals surface area contributed by atoms with Crippen LogP contribution in [0.25, 0.3) is 10.8 Å². The van der Waals surface area contributed by atoms with Gasteiger partial charge in [-0.3, -0.25) is 4.55 Å². The van der Waals surface area contributed by atoms with Crippen molar-refractivity contribution >= 4 is 59.4 Å². The zero-order chi connectivity index (χ0) is 27.8. The first kappa shape index (κ1) is 26.4. The number of phenolic OH excluding ortho intramolecular Hbond substituents is 3. The van der Waals surface area contributed by atoms with Gasteiger partial charge in [0.2, 0.25) is 10.0 Å². The molecule has 4 rings (SSSR count). The van der Waals surface area contributed by atoms with Crippen molar-refractivity contribution in [1.82, 2.24) is 0 Å². The van der Waals surface area contributed by atoms with Crippen LogP contribution in [0.15, 0.2) is 90.9 Å². The number of fused-ring (bicyclic) bond motifs is 1. The van der Waals surface area contributed by atoms with Gasteiger partial charge in [-0.2, -0.15) is 13.5 Å². The van der Waals surface area contributed by atoms with Gasteiger partial charge in [0.15, 0.2) is 5.75 Å². The normalized spacial score (nSPS) is 12.6. The maximum Gasteiger partial charge on any atom is 0.296 e. The molecule has 0 aliphatic rings. The van der Waals surface area contributed by atoms with Gasteiger partial charge in [-0.1, -0.05) is 0 Å². The average molecular weight is 559 g/mol. The van der Waals surface area contributed by atoms with Crippen molar-refractivity contribution in [2.24, 2.45) is 25.6 Å². The summed E-state index contributed by atoms with van der Waals surface area (Å²) in [6.45, 7) is 0. The first-order chi connectivity index (χ1) is 17.7. The molecular formula is C22H18N6O8S2. The number of nitrogens with two attached hydrogens (primary N) is 2. The Morgan fingerprint density at radius 3 is 2.11 bits per heavy atom. The fourth-order valence-corrected chi connectivity index (χ4v) is 4.49. The number of hydrogen-bond acceptors (Lipinski definition) is 12. The summed E-state index contributed by atoms with van der Waals surface area (Å²) in [5, 5.41) is 50.8. The Hall–Kier alpha value is -4.64. The molecule has 0 aromatic heterocycles. The summed E-state index contributed by atoms with van der Waals surface area (Å²) in [6, 6.07) is 12.2. The molecule has 0 heterocycles. The number of benzene rings is 4. The second kappa shape index (κ2) is 9.67. The van der Waals surface area contributed by atoms with E-state index < -0.39 is 52.8 Å². The maximum atomic E-state index is 12.1. The van der Waals surface area contributed by atoms with Crippen LogP contribution in [0.5, 0.6) is 17.2 Å². The Morgan fingerprint density at radius 2 is 1.45 bits per heavy atom. The summed E-state index contributed by atoms with van der Waals surface area (Å²) in [6.07, 6.45) is 0. The first-order valence-electron chi connectivity index (χ1n) is 10.3. The van der Waals surface area contributed by atoms with Crippen LogP contribution in [0, 0.1) is 0 Å². The second-order valence-corrected chi connectivity index (χ2v) is 10.7. The highest BCUT2D eigenvalue weighted by Gasteiger charge is 2.22. The molecular weight excluding hydrogens is 540 g/mol. The van der Waals surface area contributed by atoms with Gasteiger partial charge in [0, 0.05) is 11.5 Å². The van der Waals surface area contributed by atoms with Gasteiger partial charge in [0.1, 0.15) is 33.5 Å². The molecule has 4 aromatic rings. The smallest absolute Gasteiger partial charge is 0.296 e. The van der Waals surface area contributed by atoms with Crippen molar-refractivity contribution in [2.75, 3.05) is 5.73 Å². The van der Waals surface area contributed by atoms with E-state index in [0.717, 1.165) is 24.3 Å². The number of hydrogen-bond donors (Lipinski definition) is 6. The standard InChI is InChI=1S/C22H18N6O8S2/c23-16-9-13(29)2-5-17(16)26-25-12-1-4-15-11(7-12)8-20(38(34,35)36)21(22(15)31)28-27-18-10-14(37(24,32)33)3-6-19(18)30/h1-10,29-31H,23H2,(H2,24,32,33)(H,34,35,36). The Labute approximate surface area is 215 Å². The minimum absolute atomic E-state index is 0.0549. The number of azo groups is 2. The molecule has 0 spiro atoms. The van der Waals surface area contributed by atoms with Crippen LogP contribution in [-0.2, 0) is 20.1 Å². The molecule has 0 radical (unpaired) electrons. The van der Waals surface area contributed by atoms with E-state index in [2.05, 4.69) is 20.5 Å². The maximum absolute atomic E-state index is 12.1. The number of phenols is 3. The first-order valence-corrected chi connectivity index (χ1v) is 13.3. The summed E-state index contributed by atoms with van der Waals surface area (Å²) in [5.74, 6) is -1.26. The minimum Gasteiger partial charge on any atom is -0.508 e. The predicted octanol–water partition coefficient (Wildman–Crippen LogP) is 4.26. The van der Waals surface area contributed by atoms with Crippen molar-refractivity contribution in [1.29, 1.82) is 0 Å². The highest BCUT2D eigenvalue weighted by Crippen LogP contribution is 2.43. The summed E-state index contributed by atoms with van der Waals surface area (Å²) in [5.41, 5.74) is 5.35. The summed E-state index contributed by atoms with van der Waals surface area (Å²) >= 11 is 0. The Balaban J connectivity index is 1.81. The van der Waals surface area contributed by atoms with Crippen LogP contribution in [0.4, 0.5) is 28.4 Å². The van der Waals surface area contributed by atoms with E-state index in [4.69, 9.17) is 10.9 Å². The van der Waals surface area contributed by atoms with Crippen molar-refractivity contribution in [2.45, 2.75) is 9.79 Å². The zero-order valence-corrected chi connectivity index (χ0v) is 20.6. The van der Waals surface area contributed by atoms with Crippen molar-refractivity contribution in [3.8, 4) is 17.2 Å². The lowest BCUT2D eigenvalue weighted by Gasteiger charge is -2.09. The average Bonchev–Trinajstić information content (AvgIpc) is 2.82. The highest BCUT2D eigenvalue weighted by molar-refractivity contribution is 7.89. The van der Waals surface area contributed by atoms with Crippen LogP contribution in [0.1, 0.15) is 0 Å². The van der Waals surface area contributed by atoms with Crippen molar-refractivity contribution < 1.29 is 36.7 Å². The fraction of sp³-hybridized carbons (Fsp3) is 0. The van der Waals surface area contributed by atoms with Gasteiger partial charge >= 0.3 is 0 Å². The van der Waals surface area contributed by atoms with E-state index in [-0.39, 0.29) is 33.6 Å². The topological polar surface area (TPSA) is 251 Å². The molecule has 38 heavy (non-hydrogen) atoms. The predicted molar refractivity (Wildman–Crippen MR) is 136 cm³/mol. The lowest BCUT2D eigenvalue weighted by Crippen LogP contribution is -2.11. The number of sulfonamides is 1. The molecule has 0 amide bonds. The van der Waals surface area contributed by atoms with E-state index in [9.17, 15) is 36.7 Å². The molecule has 14 nitrogen and oxygen atoms in total. The Kier molecular flexibility index (Phi) is 6.73. The molecule has 8 N–H and O–H groups in total.